The molecule has 0 spiro atoms. The molecule has 1 saturated heterocycles. The van der Waals surface area contributed by atoms with Crippen molar-refractivity contribution >= 4 is 12.2 Å². The molecule has 1 N–H and O–H groups in total. The van der Waals surface area contributed by atoms with Crippen LogP contribution in [0.3, 0.4) is 0 Å². The van der Waals surface area contributed by atoms with Crippen molar-refractivity contribution in [3.05, 3.63) is 71.8 Å². The second kappa shape index (κ2) is 9.65. The number of nitrogens with one attached hydrogen (secondary N) is 1. The molecule has 2 amide bonds. The zero-order chi connectivity index (χ0) is 21.6. The highest BCUT2D eigenvalue weighted by Gasteiger charge is 2.37. The number of benzene rings is 2. The molecule has 3 rings (SSSR count). The topological polar surface area (TPSA) is 67.9 Å². The lowest BCUT2D eigenvalue weighted by atomic mass is 9.89. The number of carbonyl (C=O) groups excluding carboxylic acids is 2. The normalized spacial score (nSPS) is 18.7. The summed E-state index contributed by atoms with van der Waals surface area (Å²) >= 11 is 0. The third-order valence-corrected chi connectivity index (χ3v) is 5.04. The fourth-order valence-corrected chi connectivity index (χ4v) is 3.64. The molecule has 1 fully saturated rings. The van der Waals surface area contributed by atoms with Crippen molar-refractivity contribution in [2.24, 2.45) is 5.92 Å². The fourth-order valence-electron chi connectivity index (χ4n) is 3.64. The molecule has 0 bridgehead atoms. The number of alkyl carbamates (subject to hydrolysis) is 1. The minimum absolute atomic E-state index is 0.0733. The zero-order valence-corrected chi connectivity index (χ0v) is 17.8. The maximum absolute atomic E-state index is 12.7. The van der Waals surface area contributed by atoms with Crippen molar-refractivity contribution in [2.75, 3.05) is 19.6 Å². The Balaban J connectivity index is 1.62. The van der Waals surface area contributed by atoms with Gasteiger partial charge in [0.15, 0.2) is 0 Å². The van der Waals surface area contributed by atoms with Crippen LogP contribution in [0.25, 0.3) is 0 Å². The molecule has 6 nitrogen and oxygen atoms in total. The Bertz CT molecular complexity index is 833. The number of rotatable bonds is 5. The maximum atomic E-state index is 12.7. The van der Waals surface area contributed by atoms with E-state index >= 15 is 0 Å². The third-order valence-electron chi connectivity index (χ3n) is 5.04. The predicted octanol–water partition coefficient (Wildman–Crippen LogP) is 4.56. The quantitative estimate of drug-likeness (QED) is 0.784. The second-order valence-corrected chi connectivity index (χ2v) is 8.61. The van der Waals surface area contributed by atoms with E-state index in [1.165, 1.54) is 0 Å². The van der Waals surface area contributed by atoms with Gasteiger partial charge in [-0.25, -0.2) is 9.59 Å². The molecule has 6 heteroatoms. The van der Waals surface area contributed by atoms with Gasteiger partial charge >= 0.3 is 12.2 Å². The highest BCUT2D eigenvalue weighted by atomic mass is 16.6. The van der Waals surface area contributed by atoms with E-state index in [0.29, 0.717) is 19.6 Å². The summed E-state index contributed by atoms with van der Waals surface area (Å²) in [6, 6.07) is 19.7. The number of ether oxygens (including phenoxy) is 2. The van der Waals surface area contributed by atoms with Gasteiger partial charge in [-0.15, -0.1) is 0 Å². The Labute approximate surface area is 178 Å². The van der Waals surface area contributed by atoms with Gasteiger partial charge in [-0.05, 0) is 31.9 Å². The molecule has 30 heavy (non-hydrogen) atoms. The Kier molecular flexibility index (Phi) is 6.98. The Hall–Kier alpha value is -3.02. The standard InChI is InChI=1S/C24H30N2O4/c1-24(2,3)30-22(27)25-14-20-15-26(16-21(20)19-12-8-5-9-13-19)23(28)29-17-18-10-6-4-7-11-18/h4-13,20-21H,14-17H2,1-3H3,(H,25,27)/t20-,21+/m0/s1. The molecule has 0 aromatic heterocycles. The van der Waals surface area contributed by atoms with Crippen LogP contribution in [0.15, 0.2) is 60.7 Å². The van der Waals surface area contributed by atoms with E-state index in [2.05, 4.69) is 17.4 Å². The monoisotopic (exact) mass is 410 g/mol. The largest absolute Gasteiger partial charge is 0.445 e. The molecule has 0 saturated carbocycles. The van der Waals surface area contributed by atoms with Gasteiger partial charge in [0.05, 0.1) is 0 Å². The SMILES string of the molecule is CC(C)(C)OC(=O)NC[C@H]1CN(C(=O)OCc2ccccc2)C[C@@H]1c1ccccc1. The summed E-state index contributed by atoms with van der Waals surface area (Å²) in [5.74, 6) is 0.189. The molecule has 0 unspecified atom stereocenters. The minimum Gasteiger partial charge on any atom is -0.445 e. The van der Waals surface area contributed by atoms with Crippen molar-refractivity contribution in [1.29, 1.82) is 0 Å². The molecule has 1 aliphatic heterocycles. The zero-order valence-electron chi connectivity index (χ0n) is 17.8. The molecule has 0 radical (unpaired) electrons. The first-order valence-electron chi connectivity index (χ1n) is 10.3. The minimum atomic E-state index is -0.550. The summed E-state index contributed by atoms with van der Waals surface area (Å²) in [5, 5.41) is 2.86. The van der Waals surface area contributed by atoms with Gasteiger partial charge in [0.2, 0.25) is 0 Å². The number of nitrogens with zero attached hydrogens (tertiary/aromatic N) is 1. The molecule has 0 aliphatic carbocycles. The van der Waals surface area contributed by atoms with Crippen LogP contribution in [-0.2, 0) is 16.1 Å². The smallest absolute Gasteiger partial charge is 0.410 e. The van der Waals surface area contributed by atoms with E-state index < -0.39 is 11.7 Å². The molecule has 1 aliphatic rings. The molecular formula is C24H30N2O4. The van der Waals surface area contributed by atoms with Crippen molar-refractivity contribution < 1.29 is 19.1 Å². The molecule has 1 heterocycles. The average molecular weight is 411 g/mol. The van der Waals surface area contributed by atoms with Gasteiger partial charge in [-0.2, -0.15) is 0 Å². The third kappa shape index (κ3) is 6.24. The van der Waals surface area contributed by atoms with E-state index in [-0.39, 0.29) is 24.5 Å². The van der Waals surface area contributed by atoms with Crippen molar-refractivity contribution in [2.45, 2.75) is 38.9 Å². The first-order valence-corrected chi connectivity index (χ1v) is 10.3. The lowest BCUT2D eigenvalue weighted by Gasteiger charge is -2.22. The van der Waals surface area contributed by atoms with Gasteiger partial charge < -0.3 is 19.7 Å². The van der Waals surface area contributed by atoms with Crippen molar-refractivity contribution in [3.8, 4) is 0 Å². The van der Waals surface area contributed by atoms with Gasteiger partial charge in [-0.3, -0.25) is 0 Å². The Morgan fingerprint density at radius 2 is 1.63 bits per heavy atom. The molecule has 2 aromatic carbocycles. The first-order chi connectivity index (χ1) is 14.3. The van der Waals surface area contributed by atoms with E-state index in [1.54, 1.807) is 4.90 Å². The lowest BCUT2D eigenvalue weighted by molar-refractivity contribution is 0.0519. The van der Waals surface area contributed by atoms with Crippen molar-refractivity contribution in [3.63, 3.8) is 0 Å². The van der Waals surface area contributed by atoms with Gasteiger partial charge in [0.1, 0.15) is 12.2 Å². The fraction of sp³-hybridized carbons (Fsp3) is 0.417. The first kappa shape index (κ1) is 21.7. The van der Waals surface area contributed by atoms with E-state index in [4.69, 9.17) is 9.47 Å². The van der Waals surface area contributed by atoms with Gasteiger partial charge in [-0.1, -0.05) is 60.7 Å². The van der Waals surface area contributed by atoms with Crippen LogP contribution in [0.2, 0.25) is 0 Å². The van der Waals surface area contributed by atoms with Crippen LogP contribution in [0.4, 0.5) is 9.59 Å². The molecular weight excluding hydrogens is 380 g/mol. The Morgan fingerprint density at radius 1 is 1.00 bits per heavy atom. The van der Waals surface area contributed by atoms with Crippen LogP contribution in [0.1, 0.15) is 37.8 Å². The number of hydrogen-bond donors (Lipinski definition) is 1. The molecule has 2 aromatic rings. The summed E-state index contributed by atoms with van der Waals surface area (Å²) in [6.07, 6.45) is -0.779. The molecule has 2 atom stereocenters. The van der Waals surface area contributed by atoms with Crippen LogP contribution in [0, 0.1) is 5.92 Å². The average Bonchev–Trinajstić information content (AvgIpc) is 3.15. The Morgan fingerprint density at radius 3 is 2.27 bits per heavy atom. The van der Waals surface area contributed by atoms with E-state index in [0.717, 1.165) is 11.1 Å². The van der Waals surface area contributed by atoms with Crippen LogP contribution in [-0.4, -0.2) is 42.3 Å². The number of hydrogen-bond acceptors (Lipinski definition) is 4. The van der Waals surface area contributed by atoms with E-state index in [9.17, 15) is 9.59 Å². The summed E-state index contributed by atoms with van der Waals surface area (Å²) < 4.78 is 10.9. The van der Waals surface area contributed by atoms with Crippen molar-refractivity contribution in [1.82, 2.24) is 10.2 Å². The van der Waals surface area contributed by atoms with Crippen LogP contribution >= 0.6 is 0 Å². The highest BCUT2D eigenvalue weighted by molar-refractivity contribution is 5.69. The summed E-state index contributed by atoms with van der Waals surface area (Å²) in [6.45, 7) is 7.24. The molecule has 160 valence electrons. The van der Waals surface area contributed by atoms with Crippen LogP contribution in [0.5, 0.6) is 0 Å². The number of carbonyl (C=O) groups is 2. The highest BCUT2D eigenvalue weighted by Crippen LogP contribution is 2.32. The van der Waals surface area contributed by atoms with E-state index in [1.807, 2.05) is 69.3 Å². The van der Waals surface area contributed by atoms with Gasteiger partial charge in [0, 0.05) is 31.5 Å². The number of likely N-dealkylation sites (tertiary alicyclic amines) is 1. The van der Waals surface area contributed by atoms with Crippen LogP contribution < -0.4 is 5.32 Å². The predicted molar refractivity (Wildman–Crippen MR) is 115 cm³/mol. The van der Waals surface area contributed by atoms with Gasteiger partial charge in [0.25, 0.3) is 0 Å². The maximum Gasteiger partial charge on any atom is 0.410 e. The lowest BCUT2D eigenvalue weighted by Crippen LogP contribution is -2.37. The number of amides is 2. The second-order valence-electron chi connectivity index (χ2n) is 8.61. The summed E-state index contributed by atoms with van der Waals surface area (Å²) in [4.78, 5) is 26.5. The summed E-state index contributed by atoms with van der Waals surface area (Å²) in [5.41, 5.74) is 1.55. The summed E-state index contributed by atoms with van der Waals surface area (Å²) in [7, 11) is 0.